The van der Waals surface area contributed by atoms with Crippen molar-refractivity contribution >= 4 is 0 Å². The molecule has 1 N–H and O–H groups in total. The van der Waals surface area contributed by atoms with Crippen LogP contribution in [0.25, 0.3) is 0 Å². The molecule has 1 atom stereocenters. The zero-order valence-electron chi connectivity index (χ0n) is 17.0. The van der Waals surface area contributed by atoms with Crippen LogP contribution in [-0.4, -0.2) is 85.8 Å². The molecule has 0 aromatic heterocycles. The lowest BCUT2D eigenvalue weighted by atomic mass is 10.1. The molecule has 1 unspecified atom stereocenters. The molecular weight excluding hydrogens is 326 g/mol. The lowest BCUT2D eigenvalue weighted by Gasteiger charge is -2.36. The van der Waals surface area contributed by atoms with Crippen molar-refractivity contribution in [3.05, 3.63) is 29.8 Å². The summed E-state index contributed by atoms with van der Waals surface area (Å²) >= 11 is 0. The van der Waals surface area contributed by atoms with Gasteiger partial charge in [0.25, 0.3) is 0 Å². The molecule has 1 aromatic carbocycles. The minimum absolute atomic E-state index is 0.432. The molecule has 1 aliphatic heterocycles. The maximum Gasteiger partial charge on any atom is 0.119 e. The van der Waals surface area contributed by atoms with E-state index in [1.54, 1.807) is 0 Å². The van der Waals surface area contributed by atoms with Gasteiger partial charge in [0.1, 0.15) is 5.75 Å². The maximum atomic E-state index is 10.3. The molecule has 0 radical (unpaired) electrons. The Labute approximate surface area is 159 Å². The van der Waals surface area contributed by atoms with Gasteiger partial charge in [-0.05, 0) is 58.5 Å². The largest absolute Gasteiger partial charge is 0.494 e. The van der Waals surface area contributed by atoms with Gasteiger partial charge < -0.3 is 19.6 Å². The molecule has 26 heavy (non-hydrogen) atoms. The zero-order chi connectivity index (χ0) is 18.9. The SMILES string of the molecule is CC(C)N1CCN(CCCOc2cccc(C(O)CCN(C)C)c2)CC1. The van der Waals surface area contributed by atoms with Gasteiger partial charge in [0.05, 0.1) is 12.7 Å². The predicted octanol–water partition coefficient (Wildman–Crippen LogP) is 2.47. The van der Waals surface area contributed by atoms with Crippen molar-refractivity contribution in [2.75, 3.05) is 60.0 Å². The average molecular weight is 364 g/mol. The Morgan fingerprint density at radius 2 is 1.88 bits per heavy atom. The lowest BCUT2D eigenvalue weighted by Crippen LogP contribution is -2.49. The Morgan fingerprint density at radius 1 is 1.15 bits per heavy atom. The lowest BCUT2D eigenvalue weighted by molar-refractivity contribution is 0.104. The molecule has 1 saturated heterocycles. The number of rotatable bonds is 10. The second-order valence-corrected chi connectivity index (χ2v) is 7.85. The number of aliphatic hydroxyl groups is 1. The van der Waals surface area contributed by atoms with E-state index in [2.05, 4.69) is 28.5 Å². The number of benzene rings is 1. The van der Waals surface area contributed by atoms with Gasteiger partial charge in [0.15, 0.2) is 0 Å². The molecule has 2 rings (SSSR count). The van der Waals surface area contributed by atoms with Gasteiger partial charge in [0, 0.05) is 45.3 Å². The van der Waals surface area contributed by atoms with Crippen LogP contribution in [0, 0.1) is 0 Å². The Balaban J connectivity index is 1.67. The number of nitrogens with zero attached hydrogens (tertiary/aromatic N) is 3. The number of hydrogen-bond donors (Lipinski definition) is 1. The van der Waals surface area contributed by atoms with Gasteiger partial charge in [0.2, 0.25) is 0 Å². The van der Waals surface area contributed by atoms with E-state index in [0.717, 1.165) is 56.9 Å². The second kappa shape index (κ2) is 10.9. The molecule has 0 spiro atoms. The third kappa shape index (κ3) is 7.23. The van der Waals surface area contributed by atoms with Crippen molar-refractivity contribution in [1.29, 1.82) is 0 Å². The molecule has 1 fully saturated rings. The molecule has 5 heteroatoms. The van der Waals surface area contributed by atoms with Crippen LogP contribution in [-0.2, 0) is 0 Å². The summed E-state index contributed by atoms with van der Waals surface area (Å²) in [6, 6.07) is 8.54. The highest BCUT2D eigenvalue weighted by Crippen LogP contribution is 2.22. The smallest absolute Gasteiger partial charge is 0.119 e. The predicted molar refractivity (Wildman–Crippen MR) is 108 cm³/mol. The van der Waals surface area contributed by atoms with Crippen LogP contribution in [0.5, 0.6) is 5.75 Å². The highest BCUT2D eigenvalue weighted by molar-refractivity contribution is 5.29. The fourth-order valence-corrected chi connectivity index (χ4v) is 3.34. The Bertz CT molecular complexity index is 514. The fraction of sp³-hybridized carbons (Fsp3) is 0.714. The molecule has 1 aliphatic rings. The summed E-state index contributed by atoms with van der Waals surface area (Å²) in [7, 11) is 4.05. The Morgan fingerprint density at radius 3 is 2.54 bits per heavy atom. The molecule has 0 saturated carbocycles. The number of hydrogen-bond acceptors (Lipinski definition) is 5. The molecule has 1 aromatic rings. The number of piperazine rings is 1. The molecular formula is C21H37N3O2. The minimum Gasteiger partial charge on any atom is -0.494 e. The second-order valence-electron chi connectivity index (χ2n) is 7.85. The van der Waals surface area contributed by atoms with E-state index in [1.807, 2.05) is 38.4 Å². The Hall–Kier alpha value is -1.14. The molecule has 0 bridgehead atoms. The average Bonchev–Trinajstić information content (AvgIpc) is 2.64. The zero-order valence-corrected chi connectivity index (χ0v) is 17.0. The van der Waals surface area contributed by atoms with Crippen LogP contribution in [0.4, 0.5) is 0 Å². The van der Waals surface area contributed by atoms with E-state index in [9.17, 15) is 5.11 Å². The van der Waals surface area contributed by atoms with Crippen molar-refractivity contribution in [3.63, 3.8) is 0 Å². The van der Waals surface area contributed by atoms with Crippen LogP contribution in [0.3, 0.4) is 0 Å². The highest BCUT2D eigenvalue weighted by Gasteiger charge is 2.18. The summed E-state index contributed by atoms with van der Waals surface area (Å²) in [4.78, 5) is 7.16. The van der Waals surface area contributed by atoms with Crippen molar-refractivity contribution in [1.82, 2.24) is 14.7 Å². The third-order valence-electron chi connectivity index (χ3n) is 5.12. The molecule has 148 valence electrons. The van der Waals surface area contributed by atoms with Crippen molar-refractivity contribution in [2.24, 2.45) is 0 Å². The Kier molecular flexibility index (Phi) is 8.85. The van der Waals surface area contributed by atoms with Crippen molar-refractivity contribution in [2.45, 2.75) is 38.8 Å². The van der Waals surface area contributed by atoms with Crippen LogP contribution in [0.1, 0.15) is 38.4 Å². The maximum absolute atomic E-state index is 10.3. The molecule has 0 amide bonds. The van der Waals surface area contributed by atoms with Crippen LogP contribution in [0.2, 0.25) is 0 Å². The molecule has 1 heterocycles. The summed E-state index contributed by atoms with van der Waals surface area (Å²) in [6.45, 7) is 11.9. The molecule has 5 nitrogen and oxygen atoms in total. The quantitative estimate of drug-likeness (QED) is 0.647. The van der Waals surface area contributed by atoms with E-state index in [4.69, 9.17) is 4.74 Å². The van der Waals surface area contributed by atoms with Gasteiger partial charge in [-0.25, -0.2) is 0 Å². The van der Waals surface area contributed by atoms with E-state index in [-0.39, 0.29) is 0 Å². The van der Waals surface area contributed by atoms with Crippen molar-refractivity contribution < 1.29 is 9.84 Å². The first-order chi connectivity index (χ1) is 12.5. The number of ether oxygens (including phenoxy) is 1. The van der Waals surface area contributed by atoms with Crippen molar-refractivity contribution in [3.8, 4) is 5.75 Å². The normalized spacial score (nSPS) is 17.8. The van der Waals surface area contributed by atoms with Gasteiger partial charge in [-0.1, -0.05) is 12.1 Å². The van der Waals surface area contributed by atoms with E-state index < -0.39 is 6.10 Å². The summed E-state index contributed by atoms with van der Waals surface area (Å²) in [5.41, 5.74) is 0.939. The fourth-order valence-electron chi connectivity index (χ4n) is 3.34. The van der Waals surface area contributed by atoms with Gasteiger partial charge in [-0.2, -0.15) is 0 Å². The first-order valence-electron chi connectivity index (χ1n) is 9.97. The van der Waals surface area contributed by atoms with Crippen LogP contribution >= 0.6 is 0 Å². The third-order valence-corrected chi connectivity index (χ3v) is 5.12. The first-order valence-corrected chi connectivity index (χ1v) is 9.97. The summed E-state index contributed by atoms with van der Waals surface area (Å²) < 4.78 is 5.91. The van der Waals surface area contributed by atoms with Crippen LogP contribution < -0.4 is 4.74 Å². The summed E-state index contributed by atoms with van der Waals surface area (Å²) in [5, 5.41) is 10.3. The van der Waals surface area contributed by atoms with Gasteiger partial charge in [-0.15, -0.1) is 0 Å². The van der Waals surface area contributed by atoms with Gasteiger partial charge >= 0.3 is 0 Å². The van der Waals surface area contributed by atoms with Gasteiger partial charge in [-0.3, -0.25) is 4.90 Å². The highest BCUT2D eigenvalue weighted by atomic mass is 16.5. The minimum atomic E-state index is -0.432. The standard InChI is InChI=1S/C21H37N3O2/c1-18(2)24-14-12-23(13-15-24)10-6-16-26-20-8-5-7-19(17-20)21(25)9-11-22(3)4/h5,7-8,17-18,21,25H,6,9-16H2,1-4H3. The van der Waals surface area contributed by atoms with Crippen LogP contribution in [0.15, 0.2) is 24.3 Å². The van der Waals surface area contributed by atoms with E-state index in [0.29, 0.717) is 6.04 Å². The first kappa shape index (κ1) is 21.2. The number of aliphatic hydroxyl groups excluding tert-OH is 1. The summed E-state index contributed by atoms with van der Waals surface area (Å²) in [6.07, 6.45) is 1.34. The summed E-state index contributed by atoms with van der Waals surface area (Å²) in [5.74, 6) is 0.857. The van der Waals surface area contributed by atoms with E-state index >= 15 is 0 Å². The topological polar surface area (TPSA) is 39.2 Å². The van der Waals surface area contributed by atoms with E-state index in [1.165, 1.54) is 13.1 Å². The monoisotopic (exact) mass is 363 g/mol. The molecule has 0 aliphatic carbocycles.